The molecule has 1 aliphatic carbocycles. The van der Waals surface area contributed by atoms with E-state index in [-0.39, 0.29) is 5.97 Å². The first-order valence-electron chi connectivity index (χ1n) is 9.60. The van der Waals surface area contributed by atoms with Crippen LogP contribution in [-0.2, 0) is 21.4 Å². The van der Waals surface area contributed by atoms with Crippen LogP contribution < -0.4 is 14.2 Å². The van der Waals surface area contributed by atoms with Crippen molar-refractivity contribution in [3.8, 4) is 17.2 Å². The number of para-hydroxylation sites is 1. The summed E-state index contributed by atoms with van der Waals surface area (Å²) in [6.45, 7) is 0. The van der Waals surface area contributed by atoms with Gasteiger partial charge in [0.2, 0.25) is 5.75 Å². The third-order valence-electron chi connectivity index (χ3n) is 5.92. The number of hydrogen-bond donors (Lipinski definition) is 1. The largest absolute Gasteiger partial charge is 0.493 e. The Morgan fingerprint density at radius 1 is 0.966 bits per heavy atom. The summed E-state index contributed by atoms with van der Waals surface area (Å²) in [5.74, 6) is 1.15. The van der Waals surface area contributed by atoms with Gasteiger partial charge in [-0.1, -0.05) is 18.2 Å². The number of ether oxygens (including phenoxy) is 4. The van der Waals surface area contributed by atoms with Gasteiger partial charge in [-0.3, -0.25) is 4.79 Å². The van der Waals surface area contributed by atoms with E-state index in [4.69, 9.17) is 18.9 Å². The lowest BCUT2D eigenvalue weighted by Gasteiger charge is -2.36. The van der Waals surface area contributed by atoms with Gasteiger partial charge in [0.1, 0.15) is 5.41 Å². The molecule has 0 unspecified atom stereocenters. The smallest absolute Gasteiger partial charge is 0.322 e. The summed E-state index contributed by atoms with van der Waals surface area (Å²) in [4.78, 5) is 16.9. The summed E-state index contributed by atoms with van der Waals surface area (Å²) in [5.41, 5.74) is 2.70. The van der Waals surface area contributed by atoms with Gasteiger partial charge in [-0.25, -0.2) is 0 Å². The number of aromatic amines is 1. The molecule has 0 radical (unpaired) electrons. The highest BCUT2D eigenvalue weighted by Gasteiger charge is 2.50. The van der Waals surface area contributed by atoms with Crippen LogP contribution in [0.25, 0.3) is 10.9 Å². The Morgan fingerprint density at radius 3 is 2.41 bits per heavy atom. The van der Waals surface area contributed by atoms with E-state index in [1.54, 1.807) is 27.4 Å². The van der Waals surface area contributed by atoms with Crippen molar-refractivity contribution in [3.05, 3.63) is 53.2 Å². The Balaban J connectivity index is 2.08. The third-order valence-corrected chi connectivity index (χ3v) is 5.92. The van der Waals surface area contributed by atoms with Crippen LogP contribution >= 0.6 is 0 Å². The van der Waals surface area contributed by atoms with Gasteiger partial charge < -0.3 is 23.9 Å². The fourth-order valence-electron chi connectivity index (χ4n) is 4.67. The molecule has 1 heterocycles. The first kappa shape index (κ1) is 19.2. The maximum Gasteiger partial charge on any atom is 0.322 e. The molecule has 0 saturated heterocycles. The van der Waals surface area contributed by atoms with E-state index >= 15 is 0 Å². The molecule has 0 fully saturated rings. The molecule has 0 bridgehead atoms. The van der Waals surface area contributed by atoms with Crippen LogP contribution in [-0.4, -0.2) is 39.4 Å². The van der Waals surface area contributed by atoms with Crippen LogP contribution in [0, 0.1) is 0 Å². The van der Waals surface area contributed by atoms with E-state index in [0.717, 1.165) is 35.0 Å². The average molecular weight is 395 g/mol. The second kappa shape index (κ2) is 7.35. The van der Waals surface area contributed by atoms with Gasteiger partial charge in [0, 0.05) is 22.2 Å². The molecule has 0 saturated carbocycles. The zero-order chi connectivity index (χ0) is 20.6. The number of carbonyl (C=O) groups is 1. The monoisotopic (exact) mass is 395 g/mol. The number of carbonyl (C=O) groups excluding carboxylic acids is 1. The van der Waals surface area contributed by atoms with Gasteiger partial charge in [-0.2, -0.15) is 0 Å². The predicted octanol–water partition coefficient (Wildman–Crippen LogP) is 3.99. The highest BCUT2D eigenvalue weighted by Crippen LogP contribution is 2.52. The van der Waals surface area contributed by atoms with Crippen molar-refractivity contribution in [1.29, 1.82) is 0 Å². The van der Waals surface area contributed by atoms with E-state index in [1.165, 1.54) is 7.11 Å². The number of H-pyrrole nitrogens is 1. The molecule has 1 aliphatic rings. The Kier molecular flexibility index (Phi) is 4.86. The number of nitrogens with one attached hydrogen (secondary N) is 1. The van der Waals surface area contributed by atoms with Gasteiger partial charge >= 0.3 is 5.97 Å². The lowest BCUT2D eigenvalue weighted by atomic mass is 9.68. The van der Waals surface area contributed by atoms with Crippen molar-refractivity contribution in [3.63, 3.8) is 0 Å². The molecule has 1 atom stereocenters. The molecule has 1 aromatic heterocycles. The van der Waals surface area contributed by atoms with Crippen molar-refractivity contribution in [1.82, 2.24) is 4.98 Å². The van der Waals surface area contributed by atoms with E-state index in [2.05, 4.69) is 11.1 Å². The molecule has 29 heavy (non-hydrogen) atoms. The maximum absolute atomic E-state index is 13.4. The van der Waals surface area contributed by atoms with E-state index in [1.807, 2.05) is 24.3 Å². The van der Waals surface area contributed by atoms with Gasteiger partial charge in [-0.15, -0.1) is 0 Å². The van der Waals surface area contributed by atoms with Gasteiger partial charge in [-0.05, 0) is 43.0 Å². The fourth-order valence-corrected chi connectivity index (χ4v) is 4.67. The van der Waals surface area contributed by atoms with Gasteiger partial charge in [0.25, 0.3) is 0 Å². The van der Waals surface area contributed by atoms with Crippen molar-refractivity contribution < 1.29 is 23.7 Å². The summed E-state index contributed by atoms with van der Waals surface area (Å²) in [6.07, 6.45) is 2.35. The first-order chi connectivity index (χ1) is 14.1. The Morgan fingerprint density at radius 2 is 1.72 bits per heavy atom. The SMILES string of the molecule is COC(=O)[C@]1(c2ccc(OC)c(OC)c2OC)CCCc2c1[nH]c1ccccc21. The number of rotatable bonds is 5. The molecule has 3 aromatic rings. The van der Waals surface area contributed by atoms with Crippen LogP contribution in [0.4, 0.5) is 0 Å². The fraction of sp³-hybridized carbons (Fsp3) is 0.348. The number of fused-ring (bicyclic) bond motifs is 3. The molecule has 152 valence electrons. The lowest BCUT2D eigenvalue weighted by Crippen LogP contribution is -2.41. The number of aromatic nitrogens is 1. The van der Waals surface area contributed by atoms with Crippen LogP contribution in [0.15, 0.2) is 36.4 Å². The van der Waals surface area contributed by atoms with Crippen molar-refractivity contribution in [2.24, 2.45) is 0 Å². The number of aryl methyl sites for hydroxylation is 1. The summed E-state index contributed by atoms with van der Waals surface area (Å²) in [6, 6.07) is 11.8. The predicted molar refractivity (Wildman–Crippen MR) is 110 cm³/mol. The number of benzene rings is 2. The van der Waals surface area contributed by atoms with Crippen LogP contribution in [0.1, 0.15) is 29.7 Å². The minimum atomic E-state index is -1.02. The molecular formula is C23H25NO5. The Labute approximate surface area is 169 Å². The molecule has 6 heteroatoms. The number of hydrogen-bond acceptors (Lipinski definition) is 5. The summed E-state index contributed by atoms with van der Waals surface area (Å²) >= 11 is 0. The van der Waals surface area contributed by atoms with Crippen molar-refractivity contribution in [2.45, 2.75) is 24.7 Å². The first-order valence-corrected chi connectivity index (χ1v) is 9.60. The molecule has 1 N–H and O–H groups in total. The zero-order valence-electron chi connectivity index (χ0n) is 17.1. The molecule has 0 spiro atoms. The molecule has 2 aromatic carbocycles. The number of methoxy groups -OCH3 is 4. The van der Waals surface area contributed by atoms with Gasteiger partial charge in [0.15, 0.2) is 11.5 Å². The molecule has 0 amide bonds. The quantitative estimate of drug-likeness (QED) is 0.662. The van der Waals surface area contributed by atoms with Crippen molar-refractivity contribution >= 4 is 16.9 Å². The van der Waals surface area contributed by atoms with Crippen LogP contribution in [0.2, 0.25) is 0 Å². The second-order valence-corrected chi connectivity index (χ2v) is 7.16. The summed E-state index contributed by atoms with van der Waals surface area (Å²) in [5, 5.41) is 1.13. The van der Waals surface area contributed by atoms with E-state index in [9.17, 15) is 4.79 Å². The normalized spacial score (nSPS) is 18.2. The highest BCUT2D eigenvalue weighted by atomic mass is 16.5. The summed E-state index contributed by atoms with van der Waals surface area (Å²) in [7, 11) is 6.13. The number of esters is 1. The second-order valence-electron chi connectivity index (χ2n) is 7.16. The topological polar surface area (TPSA) is 69.8 Å². The Hall–Kier alpha value is -3.15. The standard InChI is InChI=1S/C23H25NO5/c1-26-18-12-11-16(19(27-2)20(18)28-3)23(22(25)29-4)13-7-9-15-14-8-5-6-10-17(14)24-21(15)23/h5-6,8,10-12,24H,7,9,13H2,1-4H3/t23-/m0/s1. The minimum absolute atomic E-state index is 0.324. The molecule has 6 nitrogen and oxygen atoms in total. The molecular weight excluding hydrogens is 370 g/mol. The van der Waals surface area contributed by atoms with Crippen LogP contribution in [0.3, 0.4) is 0 Å². The zero-order valence-corrected chi connectivity index (χ0v) is 17.1. The van der Waals surface area contributed by atoms with Gasteiger partial charge in [0.05, 0.1) is 28.4 Å². The third kappa shape index (κ3) is 2.66. The maximum atomic E-state index is 13.4. The van der Waals surface area contributed by atoms with E-state index in [0.29, 0.717) is 29.2 Å². The average Bonchev–Trinajstić information content (AvgIpc) is 3.16. The highest BCUT2D eigenvalue weighted by molar-refractivity contribution is 5.94. The minimum Gasteiger partial charge on any atom is -0.493 e. The lowest BCUT2D eigenvalue weighted by molar-refractivity contribution is -0.146. The Bertz CT molecular complexity index is 1070. The van der Waals surface area contributed by atoms with E-state index < -0.39 is 5.41 Å². The summed E-state index contributed by atoms with van der Waals surface area (Å²) < 4.78 is 22.1. The molecule has 0 aliphatic heterocycles. The molecule has 4 rings (SSSR count). The van der Waals surface area contributed by atoms with Crippen molar-refractivity contribution in [2.75, 3.05) is 28.4 Å². The van der Waals surface area contributed by atoms with Crippen LogP contribution in [0.5, 0.6) is 17.2 Å².